The maximum atomic E-state index is 11.2. The SMILES string of the molecule is CCCN(C)Cc1nc2c(ccc3cc(-c4ccc(-c5cnc(CCNC(=O)OC)[nH]5)cc4)ccc32)[nH]1. The van der Waals surface area contributed by atoms with E-state index in [2.05, 4.69) is 98.5 Å². The molecule has 0 saturated carbocycles. The first-order valence-corrected chi connectivity index (χ1v) is 12.6. The van der Waals surface area contributed by atoms with Crippen LogP contribution in [0, 0.1) is 0 Å². The van der Waals surface area contributed by atoms with Gasteiger partial charge in [0.2, 0.25) is 0 Å². The van der Waals surface area contributed by atoms with E-state index in [4.69, 9.17) is 4.98 Å². The van der Waals surface area contributed by atoms with Crippen molar-refractivity contribution in [3.05, 3.63) is 72.4 Å². The van der Waals surface area contributed by atoms with Gasteiger partial charge in [-0.2, -0.15) is 0 Å². The molecule has 0 saturated heterocycles. The number of rotatable bonds is 9. The molecule has 1 amide bonds. The lowest BCUT2D eigenvalue weighted by Gasteiger charge is -2.12. The molecule has 0 aliphatic rings. The second kappa shape index (κ2) is 10.8. The second-order valence-electron chi connectivity index (χ2n) is 9.31. The molecule has 37 heavy (non-hydrogen) atoms. The fourth-order valence-electron chi connectivity index (χ4n) is 4.66. The number of nitrogens with zero attached hydrogens (tertiary/aromatic N) is 3. The zero-order valence-electron chi connectivity index (χ0n) is 21.5. The maximum absolute atomic E-state index is 11.2. The van der Waals surface area contributed by atoms with Crippen LogP contribution in [0.1, 0.15) is 25.0 Å². The van der Waals surface area contributed by atoms with E-state index in [1.807, 2.05) is 6.20 Å². The van der Waals surface area contributed by atoms with Gasteiger partial charge >= 0.3 is 6.09 Å². The number of H-pyrrole nitrogens is 2. The summed E-state index contributed by atoms with van der Waals surface area (Å²) in [5.41, 5.74) is 6.41. The molecule has 2 heterocycles. The number of benzene rings is 3. The number of aromatic amines is 2. The van der Waals surface area contributed by atoms with E-state index in [1.54, 1.807) is 0 Å². The number of imidazole rings is 2. The van der Waals surface area contributed by atoms with Crippen molar-refractivity contribution >= 4 is 27.9 Å². The third kappa shape index (κ3) is 5.49. The summed E-state index contributed by atoms with van der Waals surface area (Å²) in [5.74, 6) is 1.81. The van der Waals surface area contributed by atoms with Crippen LogP contribution < -0.4 is 5.32 Å². The summed E-state index contributed by atoms with van der Waals surface area (Å²) in [6, 6.07) is 19.3. The second-order valence-corrected chi connectivity index (χ2v) is 9.31. The predicted molar refractivity (Wildman–Crippen MR) is 147 cm³/mol. The summed E-state index contributed by atoms with van der Waals surface area (Å²) in [7, 11) is 3.48. The minimum Gasteiger partial charge on any atom is -0.453 e. The molecule has 0 aliphatic heterocycles. The summed E-state index contributed by atoms with van der Waals surface area (Å²) in [4.78, 5) is 29.6. The Morgan fingerprint density at radius 3 is 2.57 bits per heavy atom. The Morgan fingerprint density at radius 1 is 1.00 bits per heavy atom. The van der Waals surface area contributed by atoms with Crippen LogP contribution in [0.2, 0.25) is 0 Å². The number of carbonyl (C=O) groups is 1. The molecular weight excluding hydrogens is 464 g/mol. The Bertz CT molecular complexity index is 1520. The molecule has 0 unspecified atom stereocenters. The molecule has 2 aromatic heterocycles. The van der Waals surface area contributed by atoms with E-state index >= 15 is 0 Å². The molecule has 3 N–H and O–H groups in total. The quantitative estimate of drug-likeness (QED) is 0.250. The van der Waals surface area contributed by atoms with Crippen LogP contribution in [-0.4, -0.2) is 58.2 Å². The van der Waals surface area contributed by atoms with E-state index < -0.39 is 6.09 Å². The number of hydrogen-bond donors (Lipinski definition) is 3. The van der Waals surface area contributed by atoms with Crippen molar-refractivity contribution in [1.29, 1.82) is 0 Å². The number of ether oxygens (including phenoxy) is 1. The number of carbonyl (C=O) groups excluding carboxylic acids is 1. The molecule has 0 bridgehead atoms. The van der Waals surface area contributed by atoms with Gasteiger partial charge in [0, 0.05) is 18.4 Å². The molecule has 5 aromatic rings. The first-order valence-electron chi connectivity index (χ1n) is 12.6. The van der Waals surface area contributed by atoms with Crippen molar-refractivity contribution in [2.45, 2.75) is 26.3 Å². The van der Waals surface area contributed by atoms with Gasteiger partial charge in [0.15, 0.2) is 0 Å². The molecule has 3 aromatic carbocycles. The highest BCUT2D eigenvalue weighted by atomic mass is 16.5. The Hall–Kier alpha value is -4.17. The van der Waals surface area contributed by atoms with Gasteiger partial charge in [-0.25, -0.2) is 14.8 Å². The largest absolute Gasteiger partial charge is 0.453 e. The third-order valence-corrected chi connectivity index (χ3v) is 6.52. The Morgan fingerprint density at radius 2 is 1.78 bits per heavy atom. The minimum atomic E-state index is -0.440. The van der Waals surface area contributed by atoms with Crippen LogP contribution in [0.15, 0.2) is 60.8 Å². The normalized spacial score (nSPS) is 11.5. The minimum absolute atomic E-state index is 0.440. The first kappa shape index (κ1) is 24.5. The summed E-state index contributed by atoms with van der Waals surface area (Å²) in [6.07, 6.45) is 3.11. The van der Waals surface area contributed by atoms with Gasteiger partial charge in [-0.3, -0.25) is 4.90 Å². The summed E-state index contributed by atoms with van der Waals surface area (Å²) < 4.78 is 4.59. The van der Waals surface area contributed by atoms with Crippen LogP contribution in [0.25, 0.3) is 44.2 Å². The molecule has 0 aliphatic carbocycles. The Balaban J connectivity index is 1.32. The van der Waals surface area contributed by atoms with E-state index in [-0.39, 0.29) is 0 Å². The van der Waals surface area contributed by atoms with Crippen molar-refractivity contribution in [3.8, 4) is 22.4 Å². The molecule has 0 spiro atoms. The van der Waals surface area contributed by atoms with E-state index in [0.29, 0.717) is 13.0 Å². The highest BCUT2D eigenvalue weighted by Gasteiger charge is 2.10. The van der Waals surface area contributed by atoms with Gasteiger partial charge in [-0.1, -0.05) is 49.4 Å². The predicted octanol–water partition coefficient (Wildman–Crippen LogP) is 5.51. The molecule has 8 heteroatoms. The lowest BCUT2D eigenvalue weighted by molar-refractivity contribution is 0.171. The van der Waals surface area contributed by atoms with Gasteiger partial charge < -0.3 is 20.0 Å². The van der Waals surface area contributed by atoms with Gasteiger partial charge in [0.25, 0.3) is 0 Å². The standard InChI is InChI=1S/C29H32N6O2/c1-4-15-35(2)18-27-32-24-12-10-22-16-21(9-11-23(22)28(24)34-27)19-5-7-20(8-6-19)25-17-31-26(33-25)13-14-30-29(36)37-3/h5-12,16-17H,4,13-15,18H2,1-3H3,(H,30,36)(H,31,33)(H,32,34). The van der Waals surface area contributed by atoms with Crippen molar-refractivity contribution in [2.24, 2.45) is 0 Å². The van der Waals surface area contributed by atoms with Gasteiger partial charge in [-0.05, 0) is 54.2 Å². The van der Waals surface area contributed by atoms with Crippen LogP contribution in [0.3, 0.4) is 0 Å². The van der Waals surface area contributed by atoms with E-state index in [1.165, 1.54) is 12.5 Å². The lowest BCUT2D eigenvalue weighted by atomic mass is 9.99. The van der Waals surface area contributed by atoms with E-state index in [9.17, 15) is 4.79 Å². The van der Waals surface area contributed by atoms with Crippen LogP contribution in [0.5, 0.6) is 0 Å². The lowest BCUT2D eigenvalue weighted by Crippen LogP contribution is -2.25. The maximum Gasteiger partial charge on any atom is 0.406 e. The number of amides is 1. The molecular formula is C29H32N6O2. The molecule has 0 fully saturated rings. The third-order valence-electron chi connectivity index (χ3n) is 6.52. The number of nitrogens with one attached hydrogen (secondary N) is 3. The fraction of sp³-hybridized carbons (Fsp3) is 0.276. The zero-order chi connectivity index (χ0) is 25.8. The highest BCUT2D eigenvalue weighted by molar-refractivity contribution is 6.05. The number of fused-ring (bicyclic) bond motifs is 3. The van der Waals surface area contributed by atoms with Crippen molar-refractivity contribution < 1.29 is 9.53 Å². The molecule has 190 valence electrons. The average Bonchev–Trinajstić information content (AvgIpc) is 3.55. The summed E-state index contributed by atoms with van der Waals surface area (Å²) in [6.45, 7) is 4.52. The topological polar surface area (TPSA) is 98.9 Å². The van der Waals surface area contributed by atoms with Crippen LogP contribution >= 0.6 is 0 Å². The molecule has 8 nitrogen and oxygen atoms in total. The van der Waals surface area contributed by atoms with Gasteiger partial charge in [-0.15, -0.1) is 0 Å². The summed E-state index contributed by atoms with van der Waals surface area (Å²) in [5, 5.41) is 4.99. The molecule has 0 atom stereocenters. The molecule has 0 radical (unpaired) electrons. The first-order chi connectivity index (χ1) is 18.0. The Labute approximate surface area is 216 Å². The Kier molecular flexibility index (Phi) is 7.18. The fourth-order valence-corrected chi connectivity index (χ4v) is 4.66. The van der Waals surface area contributed by atoms with Crippen molar-refractivity contribution in [3.63, 3.8) is 0 Å². The van der Waals surface area contributed by atoms with Gasteiger partial charge in [0.1, 0.15) is 11.6 Å². The summed E-state index contributed by atoms with van der Waals surface area (Å²) >= 11 is 0. The average molecular weight is 497 g/mol. The zero-order valence-corrected chi connectivity index (χ0v) is 21.5. The monoisotopic (exact) mass is 496 g/mol. The number of alkyl carbamates (subject to hydrolysis) is 1. The van der Waals surface area contributed by atoms with Crippen molar-refractivity contribution in [1.82, 2.24) is 30.2 Å². The van der Waals surface area contributed by atoms with Gasteiger partial charge in [0.05, 0.1) is 36.6 Å². The number of hydrogen-bond acceptors (Lipinski definition) is 5. The molecule has 5 rings (SSSR count). The van der Waals surface area contributed by atoms with Crippen LogP contribution in [-0.2, 0) is 17.7 Å². The van der Waals surface area contributed by atoms with E-state index in [0.717, 1.165) is 70.0 Å². The number of aromatic nitrogens is 4. The number of methoxy groups -OCH3 is 1. The smallest absolute Gasteiger partial charge is 0.406 e. The van der Waals surface area contributed by atoms with Crippen molar-refractivity contribution in [2.75, 3.05) is 27.2 Å². The highest BCUT2D eigenvalue weighted by Crippen LogP contribution is 2.30. The van der Waals surface area contributed by atoms with Crippen LogP contribution in [0.4, 0.5) is 4.79 Å².